The van der Waals surface area contributed by atoms with Gasteiger partial charge in [-0.3, -0.25) is 19.1 Å². The number of carboxylic acid groups (broad SMARTS) is 1. The predicted octanol–water partition coefficient (Wildman–Crippen LogP) is 0.314. The highest BCUT2D eigenvalue weighted by Crippen LogP contribution is 2.15. The van der Waals surface area contributed by atoms with Crippen LogP contribution in [0.15, 0.2) is 40.4 Å². The summed E-state index contributed by atoms with van der Waals surface area (Å²) in [6.07, 6.45) is 4.11. The van der Waals surface area contributed by atoms with E-state index in [1.165, 1.54) is 22.7 Å². The maximum absolute atomic E-state index is 13.0. The molecule has 2 aromatic rings. The number of rotatable bonds is 11. The van der Waals surface area contributed by atoms with Gasteiger partial charge in [-0.2, -0.15) is 11.8 Å². The van der Waals surface area contributed by atoms with Gasteiger partial charge in [-0.15, -0.1) is 0 Å². The van der Waals surface area contributed by atoms with E-state index in [-0.39, 0.29) is 24.5 Å². The number of aliphatic imine (C=N–C) groups is 1. The third kappa shape index (κ3) is 6.21. The van der Waals surface area contributed by atoms with Crippen molar-refractivity contribution in [3.63, 3.8) is 0 Å². The molecule has 1 aromatic carbocycles. The molecule has 0 radical (unpaired) electrons. The summed E-state index contributed by atoms with van der Waals surface area (Å²) in [6.45, 7) is 0.256. The van der Waals surface area contributed by atoms with Crippen LogP contribution in [0.3, 0.4) is 0 Å². The van der Waals surface area contributed by atoms with Gasteiger partial charge in [0, 0.05) is 6.54 Å². The Morgan fingerprint density at radius 1 is 1.30 bits per heavy atom. The lowest BCUT2D eigenvalue weighted by Gasteiger charge is -2.22. The summed E-state index contributed by atoms with van der Waals surface area (Å²) in [4.78, 5) is 45.5. The van der Waals surface area contributed by atoms with Crippen LogP contribution in [0.2, 0.25) is 0 Å². The number of thioether (sulfide) groups is 1. The van der Waals surface area contributed by atoms with Crippen LogP contribution in [0.1, 0.15) is 25.3 Å². The Labute approximate surface area is 177 Å². The number of para-hydroxylation sites is 1. The number of fused-ring (bicyclic) bond motifs is 1. The van der Waals surface area contributed by atoms with Crippen molar-refractivity contribution in [3.8, 4) is 0 Å². The Morgan fingerprint density at radius 2 is 2.03 bits per heavy atom. The Kier molecular flexibility index (Phi) is 8.66. The van der Waals surface area contributed by atoms with Crippen LogP contribution >= 0.6 is 11.8 Å². The molecule has 0 saturated heterocycles. The van der Waals surface area contributed by atoms with Gasteiger partial charge >= 0.3 is 5.97 Å². The molecule has 1 aromatic heterocycles. The summed E-state index contributed by atoms with van der Waals surface area (Å²) in [5.41, 5.74) is 10.7. The monoisotopic (exact) mass is 434 g/mol. The second kappa shape index (κ2) is 11.2. The lowest BCUT2D eigenvalue weighted by molar-refractivity contribution is -0.142. The molecule has 0 saturated carbocycles. The summed E-state index contributed by atoms with van der Waals surface area (Å²) < 4.78 is 1.27. The van der Waals surface area contributed by atoms with Crippen LogP contribution in [0.4, 0.5) is 0 Å². The zero-order valence-electron chi connectivity index (χ0n) is 16.7. The van der Waals surface area contributed by atoms with E-state index >= 15 is 0 Å². The van der Waals surface area contributed by atoms with Gasteiger partial charge in [-0.05, 0) is 43.4 Å². The van der Waals surface area contributed by atoms with E-state index in [0.29, 0.717) is 29.5 Å². The third-order valence-electron chi connectivity index (χ3n) is 4.48. The van der Waals surface area contributed by atoms with Crippen molar-refractivity contribution in [1.29, 1.82) is 0 Å². The number of nitrogens with two attached hydrogens (primary N) is 2. The first-order valence-electron chi connectivity index (χ1n) is 9.38. The molecule has 0 aliphatic rings. The van der Waals surface area contributed by atoms with Crippen molar-refractivity contribution < 1.29 is 14.7 Å². The fourth-order valence-electron chi connectivity index (χ4n) is 2.96. The van der Waals surface area contributed by atoms with Crippen LogP contribution in [0.5, 0.6) is 0 Å². The van der Waals surface area contributed by atoms with Crippen LogP contribution in [0, 0.1) is 0 Å². The van der Waals surface area contributed by atoms with Crippen LogP contribution < -0.4 is 22.3 Å². The fraction of sp³-hybridized carbons (Fsp3) is 0.421. The zero-order valence-corrected chi connectivity index (χ0v) is 17.5. The Bertz CT molecular complexity index is 973. The minimum atomic E-state index is -1.17. The molecule has 2 unspecified atom stereocenters. The Balaban J connectivity index is 2.24. The van der Waals surface area contributed by atoms with Crippen molar-refractivity contribution >= 4 is 40.5 Å². The number of aliphatic carboxylic acids is 1. The van der Waals surface area contributed by atoms with E-state index in [1.54, 1.807) is 24.3 Å². The molecule has 1 amide bonds. The van der Waals surface area contributed by atoms with Gasteiger partial charge in [0.2, 0.25) is 5.91 Å². The second-order valence-electron chi connectivity index (χ2n) is 6.62. The van der Waals surface area contributed by atoms with Gasteiger partial charge in [0.25, 0.3) is 5.56 Å². The summed E-state index contributed by atoms with van der Waals surface area (Å²) >= 11 is 1.53. The van der Waals surface area contributed by atoms with E-state index in [9.17, 15) is 19.5 Å². The minimum absolute atomic E-state index is 0.0776. The molecule has 2 atom stereocenters. The average molecular weight is 435 g/mol. The molecule has 6 N–H and O–H groups in total. The lowest BCUT2D eigenvalue weighted by atomic mass is 10.1. The molecule has 10 nitrogen and oxygen atoms in total. The topological polar surface area (TPSA) is 166 Å². The molecular formula is C19H26N6O4S. The third-order valence-corrected chi connectivity index (χ3v) is 5.13. The Morgan fingerprint density at radius 3 is 2.70 bits per heavy atom. The number of aromatic nitrogens is 2. The molecule has 0 spiro atoms. The number of amides is 1. The van der Waals surface area contributed by atoms with E-state index in [4.69, 9.17) is 11.5 Å². The number of carboxylic acids is 1. The van der Waals surface area contributed by atoms with Gasteiger partial charge in [0.15, 0.2) is 5.96 Å². The van der Waals surface area contributed by atoms with Gasteiger partial charge < -0.3 is 21.9 Å². The molecule has 0 bridgehead atoms. The second-order valence-corrected chi connectivity index (χ2v) is 7.61. The molecule has 1 heterocycles. The smallest absolute Gasteiger partial charge is 0.326 e. The van der Waals surface area contributed by atoms with Crippen LogP contribution in [0.25, 0.3) is 10.9 Å². The molecular weight excluding hydrogens is 408 g/mol. The van der Waals surface area contributed by atoms with Crippen molar-refractivity contribution in [1.82, 2.24) is 14.9 Å². The first-order valence-corrected chi connectivity index (χ1v) is 10.8. The highest BCUT2D eigenvalue weighted by atomic mass is 32.2. The fourth-order valence-corrected chi connectivity index (χ4v) is 3.42. The minimum Gasteiger partial charge on any atom is -0.480 e. The van der Waals surface area contributed by atoms with Crippen molar-refractivity contribution in [3.05, 3.63) is 40.9 Å². The summed E-state index contributed by atoms with van der Waals surface area (Å²) in [6, 6.07) is 4.87. The number of hydrogen-bond donors (Lipinski definition) is 4. The number of guanidine groups is 1. The van der Waals surface area contributed by atoms with Crippen LogP contribution in [-0.4, -0.2) is 57.1 Å². The normalized spacial score (nSPS) is 12.8. The summed E-state index contributed by atoms with van der Waals surface area (Å²) in [5, 5.41) is 12.4. The molecule has 0 aliphatic heterocycles. The molecule has 30 heavy (non-hydrogen) atoms. The standard InChI is InChI=1S/C19H26N6O4S/c1-30-10-8-15(25-11-23-13-6-3-2-5-12(13)17(25)27)16(26)24-14(18(28)29)7-4-9-22-19(20)21/h2-3,5-6,11,14-15H,4,7-10H2,1H3,(H,24,26)(H,28,29)(H4,20,21,22). The number of hydrogen-bond acceptors (Lipinski definition) is 6. The number of carbonyl (C=O) groups excluding carboxylic acids is 1. The number of nitrogens with zero attached hydrogens (tertiary/aromatic N) is 3. The van der Waals surface area contributed by atoms with Gasteiger partial charge in [-0.25, -0.2) is 9.78 Å². The molecule has 2 rings (SSSR count). The number of benzene rings is 1. The quantitative estimate of drug-likeness (QED) is 0.223. The molecule has 0 aliphatic carbocycles. The van der Waals surface area contributed by atoms with Crippen LogP contribution in [-0.2, 0) is 9.59 Å². The molecule has 0 fully saturated rings. The largest absolute Gasteiger partial charge is 0.480 e. The number of carbonyl (C=O) groups is 2. The van der Waals surface area contributed by atoms with E-state index in [1.807, 2.05) is 6.26 Å². The maximum atomic E-state index is 13.0. The first-order chi connectivity index (χ1) is 14.3. The highest BCUT2D eigenvalue weighted by Gasteiger charge is 2.27. The van der Waals surface area contributed by atoms with Gasteiger partial charge in [-0.1, -0.05) is 12.1 Å². The molecule has 11 heteroatoms. The summed E-state index contributed by atoms with van der Waals surface area (Å²) in [5.74, 6) is -1.18. The van der Waals surface area contributed by atoms with Crippen molar-refractivity contribution in [2.75, 3.05) is 18.6 Å². The average Bonchev–Trinajstić information content (AvgIpc) is 2.71. The Hall–Kier alpha value is -3.08. The van der Waals surface area contributed by atoms with Crippen molar-refractivity contribution in [2.24, 2.45) is 16.5 Å². The van der Waals surface area contributed by atoms with E-state index in [2.05, 4.69) is 15.3 Å². The number of nitrogens with one attached hydrogen (secondary N) is 1. The predicted molar refractivity (Wildman–Crippen MR) is 118 cm³/mol. The molecule has 162 valence electrons. The lowest BCUT2D eigenvalue weighted by Crippen LogP contribution is -2.46. The van der Waals surface area contributed by atoms with Crippen molar-refractivity contribution in [2.45, 2.75) is 31.3 Å². The van der Waals surface area contributed by atoms with Gasteiger partial charge in [0.1, 0.15) is 12.1 Å². The maximum Gasteiger partial charge on any atom is 0.326 e. The van der Waals surface area contributed by atoms with E-state index in [0.717, 1.165) is 0 Å². The van der Waals surface area contributed by atoms with E-state index < -0.39 is 24.0 Å². The highest BCUT2D eigenvalue weighted by molar-refractivity contribution is 7.98. The zero-order chi connectivity index (χ0) is 22.1. The SMILES string of the molecule is CSCCC(C(=O)NC(CCCN=C(N)N)C(=O)O)n1cnc2ccccc2c1=O. The van der Waals surface area contributed by atoms with Gasteiger partial charge in [0.05, 0.1) is 17.2 Å². The first kappa shape index (κ1) is 23.2. The summed E-state index contributed by atoms with van der Waals surface area (Å²) in [7, 11) is 0.